The first kappa shape index (κ1) is 23.9. The van der Waals surface area contributed by atoms with Gasteiger partial charge in [0.1, 0.15) is 6.04 Å². The van der Waals surface area contributed by atoms with Crippen LogP contribution in [-0.2, 0) is 22.4 Å². The number of fused-ring (bicyclic) bond motifs is 1. The van der Waals surface area contributed by atoms with Gasteiger partial charge in [0.15, 0.2) is 0 Å². The highest BCUT2D eigenvalue weighted by atomic mass is 35.5. The van der Waals surface area contributed by atoms with Gasteiger partial charge in [0.25, 0.3) is 0 Å². The molecule has 0 bridgehead atoms. The molecule has 4 rings (SSSR count). The van der Waals surface area contributed by atoms with Crippen LogP contribution in [0.25, 0.3) is 10.9 Å². The molecule has 4 aromatic rings. The minimum Gasteiger partial charge on any atom is -0.357 e. The van der Waals surface area contributed by atoms with E-state index < -0.39 is 6.04 Å². The molecule has 0 saturated carbocycles. The van der Waals surface area contributed by atoms with Crippen molar-refractivity contribution in [3.63, 3.8) is 0 Å². The Kier molecular flexibility index (Phi) is 7.25. The number of likely N-dealkylation sites (N-methyl/N-ethyl adjacent to an activating group) is 1. The zero-order chi connectivity index (χ0) is 24.2. The molecule has 3 aromatic carbocycles. The maximum absolute atomic E-state index is 13.4. The first-order valence-electron chi connectivity index (χ1n) is 11.0. The van der Waals surface area contributed by atoms with Gasteiger partial charge in [0, 0.05) is 30.2 Å². The molecule has 7 heteroatoms. The van der Waals surface area contributed by atoms with Gasteiger partial charge in [0.2, 0.25) is 11.8 Å². The second-order valence-electron chi connectivity index (χ2n) is 8.23. The lowest BCUT2D eigenvalue weighted by molar-refractivity contribution is -0.127. The Hall–Kier alpha value is -3.28. The summed E-state index contributed by atoms with van der Waals surface area (Å²) >= 11 is 12.8. The van der Waals surface area contributed by atoms with Gasteiger partial charge in [-0.25, -0.2) is 0 Å². The maximum Gasteiger partial charge on any atom is 0.249 e. The number of carbonyl (C=O) groups excluding carboxylic acids is 2. The maximum atomic E-state index is 13.4. The van der Waals surface area contributed by atoms with E-state index in [0.717, 1.165) is 27.9 Å². The quantitative estimate of drug-likeness (QED) is 0.345. The number of amides is 2. The Morgan fingerprint density at radius 2 is 1.56 bits per heavy atom. The number of hydrogen-bond donors (Lipinski definition) is 2. The fraction of sp³-hybridized carbons (Fsp3) is 0.185. The molecule has 1 atom stereocenters. The fourth-order valence-electron chi connectivity index (χ4n) is 4.11. The number of nitrogens with one attached hydrogen (secondary N) is 2. The van der Waals surface area contributed by atoms with Crippen LogP contribution in [0.1, 0.15) is 16.8 Å². The van der Waals surface area contributed by atoms with Crippen LogP contribution in [0.3, 0.4) is 0 Å². The van der Waals surface area contributed by atoms with Crippen molar-refractivity contribution in [2.45, 2.75) is 25.8 Å². The Bertz CT molecular complexity index is 1320. The van der Waals surface area contributed by atoms with Gasteiger partial charge in [-0.15, -0.1) is 0 Å². The number of halogens is 2. The van der Waals surface area contributed by atoms with Crippen molar-refractivity contribution < 1.29 is 9.59 Å². The van der Waals surface area contributed by atoms with Crippen LogP contribution in [0.5, 0.6) is 0 Å². The summed E-state index contributed by atoms with van der Waals surface area (Å²) in [6.45, 7) is 1.88. The molecule has 2 amide bonds. The molecular weight excluding hydrogens is 469 g/mol. The molecule has 0 fully saturated rings. The largest absolute Gasteiger partial charge is 0.357 e. The lowest BCUT2D eigenvalue weighted by atomic mass is 10.0. The standard InChI is InChI=1S/C27H25Cl2N3O2/c1-17-20(25-21(28)13-14-22(29)26(25)30-17)16-24(33)31-23(15-18-9-5-3-6-10-18)27(34)32(2)19-11-7-4-8-12-19/h3-14,23,30H,15-16H2,1-2H3,(H,31,33)/t23-/m0/s1. The lowest BCUT2D eigenvalue weighted by Crippen LogP contribution is -2.49. The van der Waals surface area contributed by atoms with Crippen molar-refractivity contribution in [2.24, 2.45) is 0 Å². The van der Waals surface area contributed by atoms with E-state index >= 15 is 0 Å². The van der Waals surface area contributed by atoms with Gasteiger partial charge >= 0.3 is 0 Å². The van der Waals surface area contributed by atoms with Gasteiger partial charge in [0.05, 0.1) is 22.0 Å². The number of aromatic amines is 1. The zero-order valence-electron chi connectivity index (χ0n) is 18.9. The molecule has 34 heavy (non-hydrogen) atoms. The number of para-hydroxylation sites is 1. The molecule has 0 spiro atoms. The number of carbonyl (C=O) groups is 2. The van der Waals surface area contributed by atoms with Crippen LogP contribution >= 0.6 is 23.2 Å². The van der Waals surface area contributed by atoms with Crippen LogP contribution in [-0.4, -0.2) is 29.9 Å². The Balaban J connectivity index is 1.59. The molecule has 0 saturated heterocycles. The minimum absolute atomic E-state index is 0.0690. The second-order valence-corrected chi connectivity index (χ2v) is 9.04. The summed E-state index contributed by atoms with van der Waals surface area (Å²) in [5.41, 5.74) is 4.00. The van der Waals surface area contributed by atoms with Gasteiger partial charge in [-0.3, -0.25) is 9.59 Å². The van der Waals surface area contributed by atoms with E-state index in [0.29, 0.717) is 22.0 Å². The predicted molar refractivity (Wildman–Crippen MR) is 139 cm³/mol. The summed E-state index contributed by atoms with van der Waals surface area (Å²) in [6, 6.07) is 21.7. The summed E-state index contributed by atoms with van der Waals surface area (Å²) in [7, 11) is 1.72. The third-order valence-electron chi connectivity index (χ3n) is 5.90. The first-order valence-corrected chi connectivity index (χ1v) is 11.7. The molecule has 0 radical (unpaired) electrons. The Labute approximate surface area is 208 Å². The number of benzene rings is 3. The van der Waals surface area contributed by atoms with Crippen LogP contribution in [0.15, 0.2) is 72.8 Å². The van der Waals surface area contributed by atoms with Crippen LogP contribution in [0.4, 0.5) is 5.69 Å². The third kappa shape index (κ3) is 5.11. The van der Waals surface area contributed by atoms with Gasteiger partial charge in [-0.2, -0.15) is 0 Å². The molecule has 0 aliphatic carbocycles. The predicted octanol–water partition coefficient (Wildman–Crippen LogP) is 5.72. The smallest absolute Gasteiger partial charge is 0.249 e. The number of hydrogen-bond acceptors (Lipinski definition) is 2. The number of H-pyrrole nitrogens is 1. The topological polar surface area (TPSA) is 65.2 Å². The van der Waals surface area contributed by atoms with E-state index in [4.69, 9.17) is 23.2 Å². The molecule has 1 aromatic heterocycles. The van der Waals surface area contributed by atoms with E-state index in [1.54, 1.807) is 24.1 Å². The molecule has 1 heterocycles. The number of aromatic nitrogens is 1. The first-order chi connectivity index (χ1) is 16.3. The van der Waals surface area contributed by atoms with Crippen molar-refractivity contribution >= 4 is 51.6 Å². The highest BCUT2D eigenvalue weighted by Gasteiger charge is 2.26. The summed E-state index contributed by atoms with van der Waals surface area (Å²) in [5.74, 6) is -0.462. The average molecular weight is 494 g/mol. The van der Waals surface area contributed by atoms with E-state index in [1.165, 1.54) is 0 Å². The number of rotatable bonds is 7. The highest BCUT2D eigenvalue weighted by Crippen LogP contribution is 2.34. The van der Waals surface area contributed by atoms with Gasteiger partial charge in [-0.05, 0) is 42.3 Å². The van der Waals surface area contributed by atoms with Crippen LogP contribution < -0.4 is 10.2 Å². The van der Waals surface area contributed by atoms with Gasteiger partial charge in [-0.1, -0.05) is 71.7 Å². The summed E-state index contributed by atoms with van der Waals surface area (Å²) in [4.78, 5) is 31.4. The normalized spacial score (nSPS) is 11.9. The Morgan fingerprint density at radius 1 is 0.941 bits per heavy atom. The molecule has 0 unspecified atom stereocenters. The molecule has 5 nitrogen and oxygen atoms in total. The van der Waals surface area contributed by atoms with Crippen molar-refractivity contribution in [1.29, 1.82) is 0 Å². The molecule has 0 aliphatic heterocycles. The SMILES string of the molecule is Cc1[nH]c2c(Cl)ccc(Cl)c2c1CC(=O)N[C@@H](Cc1ccccc1)C(=O)N(C)c1ccccc1. The minimum atomic E-state index is -0.732. The summed E-state index contributed by atoms with van der Waals surface area (Å²) < 4.78 is 0. The monoisotopic (exact) mass is 493 g/mol. The lowest BCUT2D eigenvalue weighted by Gasteiger charge is -2.25. The molecule has 0 aliphatic rings. The fourth-order valence-corrected chi connectivity index (χ4v) is 4.59. The number of anilines is 1. The average Bonchev–Trinajstić information content (AvgIpc) is 3.18. The summed E-state index contributed by atoms with van der Waals surface area (Å²) in [6.07, 6.45) is 0.446. The molecular formula is C27H25Cl2N3O2. The van der Waals surface area contributed by atoms with E-state index in [-0.39, 0.29) is 18.2 Å². The third-order valence-corrected chi connectivity index (χ3v) is 6.53. The van der Waals surface area contributed by atoms with Crippen molar-refractivity contribution in [3.05, 3.63) is 99.7 Å². The highest BCUT2D eigenvalue weighted by molar-refractivity contribution is 6.40. The van der Waals surface area contributed by atoms with E-state index in [9.17, 15) is 9.59 Å². The van der Waals surface area contributed by atoms with Gasteiger partial charge < -0.3 is 15.2 Å². The summed E-state index contributed by atoms with van der Waals surface area (Å²) in [5, 5.41) is 4.75. The Morgan fingerprint density at radius 3 is 2.24 bits per heavy atom. The number of nitrogens with zero attached hydrogens (tertiary/aromatic N) is 1. The molecule has 2 N–H and O–H groups in total. The van der Waals surface area contributed by atoms with Crippen molar-refractivity contribution in [2.75, 3.05) is 11.9 Å². The number of aryl methyl sites for hydroxylation is 1. The van der Waals surface area contributed by atoms with E-state index in [2.05, 4.69) is 10.3 Å². The van der Waals surface area contributed by atoms with E-state index in [1.807, 2.05) is 67.6 Å². The van der Waals surface area contributed by atoms with Crippen molar-refractivity contribution in [1.82, 2.24) is 10.3 Å². The van der Waals surface area contributed by atoms with Crippen molar-refractivity contribution in [3.8, 4) is 0 Å². The second kappa shape index (κ2) is 10.3. The van der Waals surface area contributed by atoms with Crippen LogP contribution in [0, 0.1) is 6.92 Å². The van der Waals surface area contributed by atoms with Crippen LogP contribution in [0.2, 0.25) is 10.0 Å². The molecule has 174 valence electrons. The zero-order valence-corrected chi connectivity index (χ0v) is 20.5.